The molecule has 0 aliphatic rings. The molecule has 0 bridgehead atoms. The zero-order valence-corrected chi connectivity index (χ0v) is 13.5. The second-order valence-corrected chi connectivity index (χ2v) is 5.28. The van der Waals surface area contributed by atoms with Gasteiger partial charge in [-0.15, -0.1) is 0 Å². The molecule has 0 amide bonds. The quantitative estimate of drug-likeness (QED) is 0.642. The number of rotatable bonds is 6. The van der Waals surface area contributed by atoms with E-state index in [-0.39, 0.29) is 17.9 Å². The van der Waals surface area contributed by atoms with Crippen molar-refractivity contribution in [2.75, 3.05) is 0 Å². The van der Waals surface area contributed by atoms with Gasteiger partial charge in [0, 0.05) is 23.5 Å². The SMILES string of the molecule is CCc1cc(Oc2cncnc2)cc(C(=O)Cc2ccc(F)cn2)n1. The molecule has 0 atom stereocenters. The summed E-state index contributed by atoms with van der Waals surface area (Å²) in [4.78, 5) is 28.5. The average Bonchev–Trinajstić information content (AvgIpc) is 2.64. The van der Waals surface area contributed by atoms with E-state index in [1.165, 1.54) is 30.9 Å². The van der Waals surface area contributed by atoms with Gasteiger partial charge in [-0.2, -0.15) is 0 Å². The number of aryl methyl sites for hydroxylation is 1. The molecule has 0 spiro atoms. The highest BCUT2D eigenvalue weighted by atomic mass is 19.1. The summed E-state index contributed by atoms with van der Waals surface area (Å²) in [6.07, 6.45) is 6.24. The average molecular weight is 338 g/mol. The third-order valence-electron chi connectivity index (χ3n) is 3.40. The van der Waals surface area contributed by atoms with Crippen molar-refractivity contribution in [1.82, 2.24) is 19.9 Å². The summed E-state index contributed by atoms with van der Waals surface area (Å²) in [6.45, 7) is 1.94. The molecule has 0 aromatic carbocycles. The van der Waals surface area contributed by atoms with Crippen LogP contribution in [0.4, 0.5) is 4.39 Å². The smallest absolute Gasteiger partial charge is 0.187 e. The maximum atomic E-state index is 12.9. The normalized spacial score (nSPS) is 10.5. The number of pyridine rings is 2. The van der Waals surface area contributed by atoms with Gasteiger partial charge in [-0.1, -0.05) is 6.92 Å². The summed E-state index contributed by atoms with van der Waals surface area (Å²) in [7, 11) is 0. The van der Waals surface area contributed by atoms with E-state index in [0.717, 1.165) is 11.9 Å². The second-order valence-electron chi connectivity index (χ2n) is 5.28. The van der Waals surface area contributed by atoms with Gasteiger partial charge in [-0.05, 0) is 18.6 Å². The maximum absolute atomic E-state index is 12.9. The Morgan fingerprint density at radius 3 is 2.56 bits per heavy atom. The molecular formula is C18H15FN4O2. The van der Waals surface area contributed by atoms with E-state index in [0.29, 0.717) is 23.6 Å². The van der Waals surface area contributed by atoms with Gasteiger partial charge < -0.3 is 4.74 Å². The van der Waals surface area contributed by atoms with Crippen molar-refractivity contribution in [3.05, 3.63) is 72.1 Å². The minimum Gasteiger partial charge on any atom is -0.454 e. The van der Waals surface area contributed by atoms with Crippen molar-refractivity contribution in [3.63, 3.8) is 0 Å². The number of halogens is 1. The van der Waals surface area contributed by atoms with Crippen LogP contribution in [0, 0.1) is 5.82 Å². The van der Waals surface area contributed by atoms with E-state index < -0.39 is 5.82 Å². The maximum Gasteiger partial charge on any atom is 0.187 e. The molecule has 3 heterocycles. The van der Waals surface area contributed by atoms with Crippen LogP contribution in [0.3, 0.4) is 0 Å². The minimum atomic E-state index is -0.442. The first-order valence-electron chi connectivity index (χ1n) is 7.71. The second kappa shape index (κ2) is 7.57. The zero-order chi connectivity index (χ0) is 17.6. The largest absolute Gasteiger partial charge is 0.454 e. The van der Waals surface area contributed by atoms with Gasteiger partial charge >= 0.3 is 0 Å². The van der Waals surface area contributed by atoms with Crippen molar-refractivity contribution in [1.29, 1.82) is 0 Å². The summed E-state index contributed by atoms with van der Waals surface area (Å²) < 4.78 is 18.6. The molecule has 3 rings (SSSR count). The van der Waals surface area contributed by atoms with Crippen LogP contribution in [0.5, 0.6) is 11.5 Å². The summed E-state index contributed by atoms with van der Waals surface area (Å²) in [6, 6.07) is 6.09. The van der Waals surface area contributed by atoms with E-state index in [9.17, 15) is 9.18 Å². The molecule has 25 heavy (non-hydrogen) atoms. The fourth-order valence-corrected chi connectivity index (χ4v) is 2.18. The number of nitrogens with zero attached hydrogens (tertiary/aromatic N) is 4. The molecule has 0 saturated carbocycles. The van der Waals surface area contributed by atoms with Crippen LogP contribution >= 0.6 is 0 Å². The molecule has 0 unspecified atom stereocenters. The Bertz CT molecular complexity index is 870. The monoisotopic (exact) mass is 338 g/mol. The summed E-state index contributed by atoms with van der Waals surface area (Å²) in [5.41, 5.74) is 1.48. The molecule has 126 valence electrons. The minimum absolute atomic E-state index is 0.0360. The molecule has 3 aromatic heterocycles. The Morgan fingerprint density at radius 1 is 1.08 bits per heavy atom. The number of ketones is 1. The lowest BCUT2D eigenvalue weighted by Crippen LogP contribution is -2.09. The zero-order valence-electron chi connectivity index (χ0n) is 13.5. The predicted molar refractivity (Wildman–Crippen MR) is 88.0 cm³/mol. The highest BCUT2D eigenvalue weighted by molar-refractivity contribution is 5.95. The molecule has 0 aliphatic heterocycles. The summed E-state index contributed by atoms with van der Waals surface area (Å²) in [5.74, 6) is 0.290. The molecule has 0 fully saturated rings. The molecule has 0 N–H and O–H groups in total. The first-order valence-corrected chi connectivity index (χ1v) is 7.71. The van der Waals surface area contributed by atoms with E-state index in [2.05, 4.69) is 19.9 Å². The van der Waals surface area contributed by atoms with Crippen LogP contribution in [-0.4, -0.2) is 25.7 Å². The van der Waals surface area contributed by atoms with Crippen molar-refractivity contribution >= 4 is 5.78 Å². The van der Waals surface area contributed by atoms with E-state index in [1.807, 2.05) is 6.92 Å². The van der Waals surface area contributed by atoms with Crippen molar-refractivity contribution < 1.29 is 13.9 Å². The lowest BCUT2D eigenvalue weighted by Gasteiger charge is -2.09. The van der Waals surface area contributed by atoms with Crippen molar-refractivity contribution in [2.24, 2.45) is 0 Å². The molecule has 0 saturated heterocycles. The van der Waals surface area contributed by atoms with Gasteiger partial charge in [-0.3, -0.25) is 9.78 Å². The van der Waals surface area contributed by atoms with Gasteiger partial charge in [-0.25, -0.2) is 19.3 Å². The number of ether oxygens (including phenoxy) is 1. The Hall–Kier alpha value is -3.22. The van der Waals surface area contributed by atoms with E-state index in [4.69, 9.17) is 4.74 Å². The molecule has 3 aromatic rings. The number of hydrogen-bond donors (Lipinski definition) is 0. The molecule has 7 heteroatoms. The summed E-state index contributed by atoms with van der Waals surface area (Å²) in [5, 5.41) is 0. The van der Waals surface area contributed by atoms with E-state index in [1.54, 1.807) is 12.1 Å². The Balaban J connectivity index is 1.83. The fourth-order valence-electron chi connectivity index (χ4n) is 2.18. The predicted octanol–water partition coefficient (Wildman–Crippen LogP) is 3.19. The van der Waals surface area contributed by atoms with Gasteiger partial charge in [0.2, 0.25) is 0 Å². The highest BCUT2D eigenvalue weighted by Crippen LogP contribution is 2.22. The lowest BCUT2D eigenvalue weighted by molar-refractivity contribution is 0.0986. The molecule has 0 aliphatic carbocycles. The van der Waals surface area contributed by atoms with Crippen molar-refractivity contribution in [2.45, 2.75) is 19.8 Å². The van der Waals surface area contributed by atoms with Crippen LogP contribution in [0.1, 0.15) is 28.8 Å². The first kappa shape index (κ1) is 16.6. The standard InChI is InChI=1S/C18H15FN4O2/c1-2-13-5-15(25-16-9-20-11-21-10-16)7-17(23-13)18(24)6-14-4-3-12(19)8-22-14/h3-5,7-11H,2,6H2,1H3. The molecule has 6 nitrogen and oxygen atoms in total. The van der Waals surface area contributed by atoms with Crippen LogP contribution < -0.4 is 4.74 Å². The van der Waals surface area contributed by atoms with Gasteiger partial charge in [0.1, 0.15) is 23.6 Å². The number of hydrogen-bond acceptors (Lipinski definition) is 6. The van der Waals surface area contributed by atoms with Gasteiger partial charge in [0.15, 0.2) is 11.5 Å². The third-order valence-corrected chi connectivity index (χ3v) is 3.40. The van der Waals surface area contributed by atoms with Gasteiger partial charge in [0.25, 0.3) is 0 Å². The fraction of sp³-hybridized carbons (Fsp3) is 0.167. The Kier molecular flexibility index (Phi) is 5.03. The number of aromatic nitrogens is 4. The van der Waals surface area contributed by atoms with Crippen molar-refractivity contribution in [3.8, 4) is 11.5 Å². The first-order chi connectivity index (χ1) is 12.1. The Labute approximate surface area is 143 Å². The van der Waals surface area contributed by atoms with Crippen LogP contribution in [0.2, 0.25) is 0 Å². The Morgan fingerprint density at radius 2 is 1.88 bits per heavy atom. The highest BCUT2D eigenvalue weighted by Gasteiger charge is 2.13. The van der Waals surface area contributed by atoms with Crippen LogP contribution in [0.15, 0.2) is 49.2 Å². The third kappa shape index (κ3) is 4.41. The van der Waals surface area contributed by atoms with Crippen LogP contribution in [0.25, 0.3) is 0 Å². The topological polar surface area (TPSA) is 77.9 Å². The summed E-state index contributed by atoms with van der Waals surface area (Å²) >= 11 is 0. The van der Waals surface area contributed by atoms with E-state index >= 15 is 0 Å². The molecular weight excluding hydrogens is 323 g/mol. The molecule has 0 radical (unpaired) electrons. The number of carbonyl (C=O) groups is 1. The number of carbonyl (C=O) groups excluding carboxylic acids is 1. The van der Waals surface area contributed by atoms with Gasteiger partial charge in [0.05, 0.1) is 25.0 Å². The lowest BCUT2D eigenvalue weighted by atomic mass is 10.1. The van der Waals surface area contributed by atoms with Crippen LogP contribution in [-0.2, 0) is 12.8 Å². The number of Topliss-reactive ketones (excluding diaryl/α,β-unsaturated/α-hetero) is 1.